The van der Waals surface area contributed by atoms with E-state index >= 15 is 0 Å². The number of hydrogen-bond acceptors (Lipinski definition) is 4. The molecule has 1 unspecified atom stereocenters. The van der Waals surface area contributed by atoms with E-state index in [-0.39, 0.29) is 11.9 Å². The molecular weight excluding hydrogens is 182 g/mol. The first-order valence-corrected chi connectivity index (χ1v) is 4.52. The maximum atomic E-state index is 11.4. The van der Waals surface area contributed by atoms with Crippen LogP contribution in [-0.2, 0) is 11.2 Å². The van der Waals surface area contributed by atoms with E-state index in [1.165, 1.54) is 6.26 Å². The maximum Gasteiger partial charge on any atom is 0.224 e. The minimum Gasteiger partial charge on any atom is -0.364 e. The van der Waals surface area contributed by atoms with Gasteiger partial charge in [0.25, 0.3) is 0 Å². The van der Waals surface area contributed by atoms with Gasteiger partial charge in [-0.05, 0) is 13.8 Å². The van der Waals surface area contributed by atoms with Crippen molar-refractivity contribution in [2.45, 2.75) is 26.3 Å². The number of carbonyl (C=O) groups is 1. The number of nitrogens with one attached hydrogen (secondary N) is 1. The first kappa shape index (κ1) is 10.7. The van der Waals surface area contributed by atoms with Gasteiger partial charge in [0.1, 0.15) is 6.26 Å². The molecule has 0 aliphatic rings. The zero-order chi connectivity index (χ0) is 10.6. The normalized spacial score (nSPS) is 12.5. The number of rotatable bonds is 4. The molecule has 5 heteroatoms. The van der Waals surface area contributed by atoms with Crippen LogP contribution in [0.4, 0.5) is 0 Å². The highest BCUT2D eigenvalue weighted by Crippen LogP contribution is 2.05. The van der Waals surface area contributed by atoms with Gasteiger partial charge in [0.2, 0.25) is 5.91 Å². The molecule has 3 N–H and O–H groups in total. The summed E-state index contributed by atoms with van der Waals surface area (Å²) in [6.07, 6.45) is 1.78. The third-order valence-corrected chi connectivity index (χ3v) is 1.96. The Morgan fingerprint density at radius 3 is 3.00 bits per heavy atom. The first-order valence-electron chi connectivity index (χ1n) is 4.52. The molecule has 0 saturated carbocycles. The van der Waals surface area contributed by atoms with E-state index in [1.54, 1.807) is 6.92 Å². The summed E-state index contributed by atoms with van der Waals surface area (Å²) in [7, 11) is 0. The van der Waals surface area contributed by atoms with Crippen LogP contribution in [0.25, 0.3) is 0 Å². The Bertz CT molecular complexity index is 309. The van der Waals surface area contributed by atoms with Gasteiger partial charge in [-0.25, -0.2) is 0 Å². The molecular formula is C9H15N3O2. The number of aryl methyl sites for hydroxylation is 1. The van der Waals surface area contributed by atoms with Crippen molar-refractivity contribution in [2.24, 2.45) is 5.73 Å². The van der Waals surface area contributed by atoms with Gasteiger partial charge < -0.3 is 15.6 Å². The molecule has 1 amide bonds. The number of carbonyl (C=O) groups excluding carboxylic acids is 1. The second kappa shape index (κ2) is 4.76. The molecule has 0 saturated heterocycles. The highest BCUT2D eigenvalue weighted by Gasteiger charge is 2.10. The highest BCUT2D eigenvalue weighted by molar-refractivity contribution is 5.78. The smallest absolute Gasteiger partial charge is 0.224 e. The van der Waals surface area contributed by atoms with Crippen LogP contribution in [0.5, 0.6) is 0 Å². The van der Waals surface area contributed by atoms with Gasteiger partial charge in [0, 0.05) is 18.2 Å². The van der Waals surface area contributed by atoms with E-state index < -0.39 is 0 Å². The molecule has 0 spiro atoms. The number of hydrogen-bond donors (Lipinski definition) is 2. The molecule has 0 radical (unpaired) electrons. The Morgan fingerprint density at radius 2 is 2.50 bits per heavy atom. The quantitative estimate of drug-likeness (QED) is 0.711. The number of aromatic nitrogens is 1. The summed E-state index contributed by atoms with van der Waals surface area (Å²) in [6, 6.07) is 0.00247. The summed E-state index contributed by atoms with van der Waals surface area (Å²) < 4.78 is 4.72. The molecule has 0 bridgehead atoms. The lowest BCUT2D eigenvalue weighted by atomic mass is 10.2. The molecule has 0 aliphatic carbocycles. The number of amides is 1. The summed E-state index contributed by atoms with van der Waals surface area (Å²) in [4.78, 5) is 11.4. The van der Waals surface area contributed by atoms with Crippen molar-refractivity contribution >= 4 is 5.91 Å². The van der Waals surface area contributed by atoms with Crippen LogP contribution in [-0.4, -0.2) is 23.7 Å². The van der Waals surface area contributed by atoms with Crippen molar-refractivity contribution in [2.75, 3.05) is 6.54 Å². The molecule has 78 valence electrons. The summed E-state index contributed by atoms with van der Waals surface area (Å²) in [5.41, 5.74) is 6.94. The molecule has 0 aromatic carbocycles. The van der Waals surface area contributed by atoms with Crippen molar-refractivity contribution in [3.05, 3.63) is 17.5 Å². The lowest BCUT2D eigenvalue weighted by Crippen LogP contribution is -2.38. The van der Waals surface area contributed by atoms with Crippen LogP contribution >= 0.6 is 0 Å². The molecule has 0 aliphatic heterocycles. The Balaban J connectivity index is 2.45. The summed E-state index contributed by atoms with van der Waals surface area (Å²) in [5, 5.41) is 6.45. The van der Waals surface area contributed by atoms with Gasteiger partial charge in [0.05, 0.1) is 12.1 Å². The Hall–Kier alpha value is -1.36. The fourth-order valence-corrected chi connectivity index (χ4v) is 1.04. The molecule has 1 heterocycles. The van der Waals surface area contributed by atoms with Crippen molar-refractivity contribution in [3.8, 4) is 0 Å². The van der Waals surface area contributed by atoms with Crippen LogP contribution < -0.4 is 11.1 Å². The molecule has 1 atom stereocenters. The third-order valence-electron chi connectivity index (χ3n) is 1.96. The first-order chi connectivity index (χ1) is 6.63. The molecule has 1 aromatic rings. The highest BCUT2D eigenvalue weighted by atomic mass is 16.5. The number of nitrogens with zero attached hydrogens (tertiary/aromatic N) is 1. The lowest BCUT2D eigenvalue weighted by molar-refractivity contribution is -0.121. The Kier molecular flexibility index (Phi) is 3.64. The van der Waals surface area contributed by atoms with E-state index in [1.807, 2.05) is 6.92 Å². The van der Waals surface area contributed by atoms with Gasteiger partial charge in [-0.15, -0.1) is 0 Å². The van der Waals surface area contributed by atoms with Gasteiger partial charge in [-0.2, -0.15) is 0 Å². The second-order valence-corrected chi connectivity index (χ2v) is 3.31. The molecule has 14 heavy (non-hydrogen) atoms. The SMILES string of the molecule is Cc1nocc1CC(=O)NC(C)CN. The fourth-order valence-electron chi connectivity index (χ4n) is 1.04. The largest absolute Gasteiger partial charge is 0.364 e. The van der Waals surface area contributed by atoms with Crippen molar-refractivity contribution in [3.63, 3.8) is 0 Å². The van der Waals surface area contributed by atoms with E-state index in [4.69, 9.17) is 10.3 Å². The predicted molar refractivity (Wildman–Crippen MR) is 51.6 cm³/mol. The van der Waals surface area contributed by atoms with E-state index in [9.17, 15) is 4.79 Å². The van der Waals surface area contributed by atoms with Gasteiger partial charge >= 0.3 is 0 Å². The maximum absolute atomic E-state index is 11.4. The van der Waals surface area contributed by atoms with Crippen molar-refractivity contribution in [1.29, 1.82) is 0 Å². The average molecular weight is 197 g/mol. The Labute approximate surface area is 82.6 Å². The molecule has 0 fully saturated rings. The van der Waals surface area contributed by atoms with Gasteiger partial charge in [-0.3, -0.25) is 4.79 Å². The topological polar surface area (TPSA) is 81.2 Å². The summed E-state index contributed by atoms with van der Waals surface area (Å²) in [5.74, 6) is -0.0609. The fraction of sp³-hybridized carbons (Fsp3) is 0.556. The van der Waals surface area contributed by atoms with E-state index in [0.717, 1.165) is 11.3 Å². The minimum absolute atomic E-state index is 0.00247. The van der Waals surface area contributed by atoms with Crippen LogP contribution in [0, 0.1) is 6.92 Å². The van der Waals surface area contributed by atoms with E-state index in [2.05, 4.69) is 10.5 Å². The van der Waals surface area contributed by atoms with Crippen LogP contribution in [0.2, 0.25) is 0 Å². The molecule has 5 nitrogen and oxygen atoms in total. The standard InChI is InChI=1S/C9H15N3O2/c1-6(4-10)11-9(13)3-8-5-14-12-7(8)2/h5-6H,3-4,10H2,1-2H3,(H,11,13). The average Bonchev–Trinajstić information content (AvgIpc) is 2.51. The van der Waals surface area contributed by atoms with Crippen molar-refractivity contribution in [1.82, 2.24) is 10.5 Å². The molecule has 1 aromatic heterocycles. The molecule has 1 rings (SSSR count). The van der Waals surface area contributed by atoms with E-state index in [0.29, 0.717) is 13.0 Å². The monoisotopic (exact) mass is 197 g/mol. The van der Waals surface area contributed by atoms with Crippen molar-refractivity contribution < 1.29 is 9.32 Å². The minimum atomic E-state index is -0.0609. The number of nitrogens with two attached hydrogens (primary N) is 1. The van der Waals surface area contributed by atoms with Gasteiger partial charge in [-0.1, -0.05) is 5.16 Å². The lowest BCUT2D eigenvalue weighted by Gasteiger charge is -2.10. The van der Waals surface area contributed by atoms with Gasteiger partial charge in [0.15, 0.2) is 0 Å². The Morgan fingerprint density at radius 1 is 1.79 bits per heavy atom. The zero-order valence-electron chi connectivity index (χ0n) is 8.41. The van der Waals surface area contributed by atoms with Crippen LogP contribution in [0.15, 0.2) is 10.8 Å². The van der Waals surface area contributed by atoms with Crippen LogP contribution in [0.3, 0.4) is 0 Å². The summed E-state index contributed by atoms with van der Waals surface area (Å²) in [6.45, 7) is 4.10. The zero-order valence-corrected chi connectivity index (χ0v) is 8.41. The predicted octanol–water partition coefficient (Wildman–Crippen LogP) is -0.0111. The summed E-state index contributed by atoms with van der Waals surface area (Å²) >= 11 is 0. The van der Waals surface area contributed by atoms with Crippen LogP contribution in [0.1, 0.15) is 18.2 Å². The third kappa shape index (κ3) is 2.85. The second-order valence-electron chi connectivity index (χ2n) is 3.31.